The Morgan fingerprint density at radius 3 is 2.72 bits per heavy atom. The summed E-state index contributed by atoms with van der Waals surface area (Å²) in [6, 6.07) is 7.99. The fourth-order valence-corrected chi connectivity index (χ4v) is 4.53. The lowest BCUT2D eigenvalue weighted by Gasteiger charge is -2.30. The van der Waals surface area contributed by atoms with E-state index in [1.807, 2.05) is 41.8 Å². The number of ether oxygens (including phenoxy) is 1. The number of nitrogens with zero attached hydrogens (tertiary/aromatic N) is 3. The molecule has 0 bridgehead atoms. The van der Waals surface area contributed by atoms with Crippen molar-refractivity contribution in [3.8, 4) is 17.1 Å². The number of thioether (sulfide) groups is 1. The largest absolute Gasteiger partial charge is 0.497 e. The average molecular weight is 415 g/mol. The van der Waals surface area contributed by atoms with Crippen molar-refractivity contribution in [3.63, 3.8) is 0 Å². The van der Waals surface area contributed by atoms with Crippen molar-refractivity contribution in [2.75, 3.05) is 7.11 Å². The molecule has 3 rings (SSSR count). The Morgan fingerprint density at radius 2 is 2.07 bits per heavy atom. The van der Waals surface area contributed by atoms with Gasteiger partial charge < -0.3 is 10.1 Å². The van der Waals surface area contributed by atoms with Gasteiger partial charge in [0.25, 0.3) is 0 Å². The lowest BCUT2D eigenvalue weighted by atomic mass is 9.86. The monoisotopic (exact) mass is 414 g/mol. The summed E-state index contributed by atoms with van der Waals surface area (Å²) in [6.07, 6.45) is 6.52. The van der Waals surface area contributed by atoms with Crippen LogP contribution in [0.5, 0.6) is 5.75 Å². The fraction of sp³-hybridized carbons (Fsp3) is 0.500. The van der Waals surface area contributed by atoms with Gasteiger partial charge in [0.05, 0.1) is 12.4 Å². The molecule has 7 heteroatoms. The zero-order valence-electron chi connectivity index (χ0n) is 17.4. The normalized spacial score (nSPS) is 20.1. The Kier molecular flexibility index (Phi) is 7.36. The van der Waals surface area contributed by atoms with E-state index in [-0.39, 0.29) is 17.2 Å². The van der Waals surface area contributed by atoms with Gasteiger partial charge in [0.15, 0.2) is 11.0 Å². The number of carbonyl (C=O) groups is 1. The van der Waals surface area contributed by atoms with Crippen LogP contribution in [0.25, 0.3) is 11.4 Å². The Hall–Kier alpha value is -2.28. The van der Waals surface area contributed by atoms with Crippen LogP contribution in [0.4, 0.5) is 0 Å². The molecule has 1 amide bonds. The van der Waals surface area contributed by atoms with E-state index < -0.39 is 0 Å². The van der Waals surface area contributed by atoms with Crippen LogP contribution in [0.15, 0.2) is 42.1 Å². The second-order valence-corrected chi connectivity index (χ2v) is 8.88. The summed E-state index contributed by atoms with van der Waals surface area (Å²) in [7, 11) is 1.64. The van der Waals surface area contributed by atoms with Gasteiger partial charge >= 0.3 is 0 Å². The topological polar surface area (TPSA) is 69.0 Å². The van der Waals surface area contributed by atoms with Crippen LogP contribution in [0, 0.1) is 5.92 Å². The Morgan fingerprint density at radius 1 is 1.34 bits per heavy atom. The SMILES string of the molecule is C=CCn1c(SC(C)C(=O)NC2CCCCC2C)nnc1-c1ccc(OC)cc1. The Labute approximate surface area is 177 Å². The van der Waals surface area contributed by atoms with E-state index in [1.54, 1.807) is 7.11 Å². The molecule has 1 aliphatic rings. The van der Waals surface area contributed by atoms with E-state index >= 15 is 0 Å². The van der Waals surface area contributed by atoms with E-state index in [9.17, 15) is 4.79 Å². The third-order valence-corrected chi connectivity index (χ3v) is 6.55. The zero-order chi connectivity index (χ0) is 20.8. The van der Waals surface area contributed by atoms with Gasteiger partial charge in [-0.2, -0.15) is 0 Å². The molecule has 1 heterocycles. The summed E-state index contributed by atoms with van der Waals surface area (Å²) in [5, 5.41) is 12.4. The molecule has 29 heavy (non-hydrogen) atoms. The highest BCUT2D eigenvalue weighted by Gasteiger charge is 2.26. The molecule has 1 aliphatic carbocycles. The molecule has 156 valence electrons. The van der Waals surface area contributed by atoms with Crippen molar-refractivity contribution in [1.29, 1.82) is 0 Å². The van der Waals surface area contributed by atoms with Crippen molar-refractivity contribution >= 4 is 17.7 Å². The molecule has 1 saturated carbocycles. The number of allylic oxidation sites excluding steroid dienone is 1. The zero-order valence-corrected chi connectivity index (χ0v) is 18.2. The first kappa shape index (κ1) is 21.4. The lowest BCUT2D eigenvalue weighted by Crippen LogP contribution is -2.44. The van der Waals surface area contributed by atoms with Gasteiger partial charge in [-0.15, -0.1) is 16.8 Å². The number of methoxy groups -OCH3 is 1. The summed E-state index contributed by atoms with van der Waals surface area (Å²) >= 11 is 1.44. The highest BCUT2D eigenvalue weighted by Crippen LogP contribution is 2.29. The molecular formula is C22H30N4O2S. The van der Waals surface area contributed by atoms with Crippen LogP contribution >= 0.6 is 11.8 Å². The van der Waals surface area contributed by atoms with Gasteiger partial charge in [-0.25, -0.2) is 0 Å². The van der Waals surface area contributed by atoms with Crippen molar-refractivity contribution < 1.29 is 9.53 Å². The molecule has 0 aliphatic heterocycles. The molecule has 3 atom stereocenters. The van der Waals surface area contributed by atoms with Gasteiger partial charge in [0.1, 0.15) is 5.75 Å². The number of nitrogens with one attached hydrogen (secondary N) is 1. The fourth-order valence-electron chi connectivity index (χ4n) is 3.67. The molecule has 1 aromatic carbocycles. The predicted molar refractivity (Wildman–Crippen MR) is 117 cm³/mol. The first-order valence-electron chi connectivity index (χ1n) is 10.2. The third-order valence-electron chi connectivity index (χ3n) is 5.47. The van der Waals surface area contributed by atoms with E-state index in [0.717, 1.165) is 28.7 Å². The average Bonchev–Trinajstić information content (AvgIpc) is 3.12. The summed E-state index contributed by atoms with van der Waals surface area (Å²) in [6.45, 7) is 8.58. The van der Waals surface area contributed by atoms with E-state index in [0.29, 0.717) is 12.5 Å². The molecule has 0 radical (unpaired) electrons. The standard InChI is InChI=1S/C22H30N4O2S/c1-5-14-26-20(17-10-12-18(28-4)13-11-17)24-25-22(26)29-16(3)21(27)23-19-9-7-6-8-15(19)2/h5,10-13,15-16,19H,1,6-9,14H2,2-4H3,(H,23,27). The highest BCUT2D eigenvalue weighted by atomic mass is 32.2. The number of carbonyl (C=O) groups excluding carboxylic acids is 1. The van der Waals surface area contributed by atoms with Crippen LogP contribution in [-0.2, 0) is 11.3 Å². The minimum atomic E-state index is -0.249. The van der Waals surface area contributed by atoms with Gasteiger partial charge in [0, 0.05) is 18.2 Å². The van der Waals surface area contributed by atoms with Crippen LogP contribution in [0.3, 0.4) is 0 Å². The molecule has 3 unspecified atom stereocenters. The number of aromatic nitrogens is 3. The number of rotatable bonds is 8. The van der Waals surface area contributed by atoms with Crippen molar-refractivity contribution in [2.45, 2.75) is 62.5 Å². The Bertz CT molecular complexity index is 834. The van der Waals surface area contributed by atoms with Crippen LogP contribution < -0.4 is 10.1 Å². The summed E-state index contributed by atoms with van der Waals surface area (Å²) in [5.41, 5.74) is 0.945. The van der Waals surface area contributed by atoms with E-state index in [4.69, 9.17) is 4.74 Å². The second-order valence-electron chi connectivity index (χ2n) is 7.57. The molecule has 6 nitrogen and oxygen atoms in total. The van der Waals surface area contributed by atoms with Gasteiger partial charge in [-0.3, -0.25) is 9.36 Å². The first-order chi connectivity index (χ1) is 14.0. The van der Waals surface area contributed by atoms with E-state index in [1.165, 1.54) is 31.0 Å². The maximum atomic E-state index is 12.8. The maximum absolute atomic E-state index is 12.8. The Balaban J connectivity index is 1.73. The van der Waals surface area contributed by atoms with Crippen LogP contribution in [0.1, 0.15) is 39.5 Å². The van der Waals surface area contributed by atoms with Crippen molar-refractivity contribution in [2.24, 2.45) is 5.92 Å². The lowest BCUT2D eigenvalue weighted by molar-refractivity contribution is -0.121. The van der Waals surface area contributed by atoms with E-state index in [2.05, 4.69) is 29.0 Å². The summed E-state index contributed by atoms with van der Waals surface area (Å²) < 4.78 is 7.22. The maximum Gasteiger partial charge on any atom is 0.233 e. The van der Waals surface area contributed by atoms with Gasteiger partial charge in [0.2, 0.25) is 5.91 Å². The smallest absolute Gasteiger partial charge is 0.233 e. The van der Waals surface area contributed by atoms with Crippen LogP contribution in [0.2, 0.25) is 0 Å². The van der Waals surface area contributed by atoms with Crippen LogP contribution in [-0.4, -0.2) is 39.1 Å². The molecule has 1 N–H and O–H groups in total. The van der Waals surface area contributed by atoms with Crippen molar-refractivity contribution in [3.05, 3.63) is 36.9 Å². The molecular weight excluding hydrogens is 384 g/mol. The second kappa shape index (κ2) is 9.96. The molecule has 1 aromatic heterocycles. The summed E-state index contributed by atoms with van der Waals surface area (Å²) in [5.74, 6) is 2.15. The molecule has 1 fully saturated rings. The first-order valence-corrected chi connectivity index (χ1v) is 11.1. The third kappa shape index (κ3) is 5.21. The number of hydrogen-bond acceptors (Lipinski definition) is 5. The molecule has 2 aromatic rings. The molecule has 0 saturated heterocycles. The number of amides is 1. The van der Waals surface area contributed by atoms with Gasteiger partial charge in [-0.1, -0.05) is 37.6 Å². The predicted octanol–water partition coefficient (Wildman–Crippen LogP) is 4.32. The minimum absolute atomic E-state index is 0.0629. The summed E-state index contributed by atoms with van der Waals surface area (Å²) in [4.78, 5) is 12.8. The number of hydrogen-bond donors (Lipinski definition) is 1. The highest BCUT2D eigenvalue weighted by molar-refractivity contribution is 8.00. The molecule has 0 spiro atoms. The number of benzene rings is 1. The minimum Gasteiger partial charge on any atom is -0.497 e. The quantitative estimate of drug-likeness (QED) is 0.515. The van der Waals surface area contributed by atoms with Crippen molar-refractivity contribution in [1.82, 2.24) is 20.1 Å². The van der Waals surface area contributed by atoms with Gasteiger partial charge in [-0.05, 0) is 49.9 Å².